The van der Waals surface area contributed by atoms with Gasteiger partial charge in [-0.15, -0.1) is 0 Å². The predicted molar refractivity (Wildman–Crippen MR) is 62.2 cm³/mol. The van der Waals surface area contributed by atoms with Crippen molar-refractivity contribution < 1.29 is 0 Å². The molecule has 1 aliphatic carbocycles. The Morgan fingerprint density at radius 2 is 2.17 bits per heavy atom. The molecule has 2 heteroatoms. The van der Waals surface area contributed by atoms with Crippen LogP contribution in [0.25, 0.3) is 0 Å². The van der Waals surface area contributed by atoms with Gasteiger partial charge in [0.1, 0.15) is 0 Å². The highest BCUT2D eigenvalue weighted by Crippen LogP contribution is 2.28. The van der Waals surface area contributed by atoms with Crippen molar-refractivity contribution >= 4 is 22.6 Å². The zero-order valence-corrected chi connectivity index (χ0v) is 9.84. The van der Waals surface area contributed by atoms with Gasteiger partial charge in [0.2, 0.25) is 0 Å². The fourth-order valence-electron chi connectivity index (χ4n) is 1.40. The lowest BCUT2D eigenvalue weighted by atomic mass is 9.95. The van der Waals surface area contributed by atoms with Crippen molar-refractivity contribution in [1.29, 1.82) is 0 Å². The summed E-state index contributed by atoms with van der Waals surface area (Å²) in [6.45, 7) is 4.51. The first-order valence-corrected chi connectivity index (χ1v) is 5.66. The van der Waals surface area contributed by atoms with Crippen molar-refractivity contribution in [2.75, 3.05) is 0 Å². The molecular formula is C10H16IN. The third-order valence-corrected chi connectivity index (χ3v) is 4.34. The van der Waals surface area contributed by atoms with Crippen LogP contribution in [0.1, 0.15) is 26.7 Å². The van der Waals surface area contributed by atoms with E-state index >= 15 is 0 Å². The monoisotopic (exact) mass is 277 g/mol. The predicted octanol–water partition coefficient (Wildman–Crippen LogP) is 3.01. The van der Waals surface area contributed by atoms with E-state index in [1.54, 1.807) is 0 Å². The average molecular weight is 277 g/mol. The molecule has 0 amide bonds. The summed E-state index contributed by atoms with van der Waals surface area (Å²) < 4.78 is 0.648. The normalized spacial score (nSPS) is 20.3. The van der Waals surface area contributed by atoms with Gasteiger partial charge < -0.3 is 5.73 Å². The summed E-state index contributed by atoms with van der Waals surface area (Å²) in [6.07, 6.45) is 6.55. The number of hydrogen-bond donors (Lipinski definition) is 1. The molecule has 1 aliphatic rings. The molecule has 1 nitrogen and oxygen atoms in total. The smallest absolute Gasteiger partial charge is 0.0345 e. The van der Waals surface area contributed by atoms with E-state index in [1.807, 2.05) is 0 Å². The molecule has 0 unspecified atom stereocenters. The molecule has 0 fully saturated rings. The summed E-state index contributed by atoms with van der Waals surface area (Å²) in [7, 11) is 0. The van der Waals surface area contributed by atoms with Gasteiger partial charge in [0, 0.05) is 9.62 Å². The number of rotatable bonds is 2. The number of allylic oxidation sites excluding steroid dienone is 3. The SMILES string of the molecule is CC(C)[C@H](I)C1=CC(N)=CCC1. The Balaban J connectivity index is 2.69. The Morgan fingerprint density at radius 3 is 2.67 bits per heavy atom. The van der Waals surface area contributed by atoms with Crippen LogP contribution in [0.3, 0.4) is 0 Å². The maximum absolute atomic E-state index is 5.74. The number of halogens is 1. The van der Waals surface area contributed by atoms with E-state index in [-0.39, 0.29) is 0 Å². The van der Waals surface area contributed by atoms with Gasteiger partial charge in [-0.25, -0.2) is 0 Å². The molecule has 0 bridgehead atoms. The van der Waals surface area contributed by atoms with Crippen LogP contribution in [0.4, 0.5) is 0 Å². The molecule has 2 N–H and O–H groups in total. The molecule has 0 aromatic heterocycles. The zero-order chi connectivity index (χ0) is 9.14. The Bertz CT molecular complexity index is 216. The van der Waals surface area contributed by atoms with E-state index in [1.165, 1.54) is 12.0 Å². The molecule has 1 rings (SSSR count). The maximum atomic E-state index is 5.74. The molecular weight excluding hydrogens is 261 g/mol. The van der Waals surface area contributed by atoms with Crippen LogP contribution >= 0.6 is 22.6 Å². The highest BCUT2D eigenvalue weighted by Gasteiger charge is 2.15. The lowest BCUT2D eigenvalue weighted by Gasteiger charge is -2.20. The highest BCUT2D eigenvalue weighted by molar-refractivity contribution is 14.1. The van der Waals surface area contributed by atoms with Crippen LogP contribution in [0.2, 0.25) is 0 Å². The Kier molecular flexibility index (Phi) is 3.62. The summed E-state index contributed by atoms with van der Waals surface area (Å²) in [5.74, 6) is 0.711. The van der Waals surface area contributed by atoms with E-state index in [4.69, 9.17) is 5.73 Å². The van der Waals surface area contributed by atoms with Crippen molar-refractivity contribution in [2.24, 2.45) is 11.7 Å². The van der Waals surface area contributed by atoms with Gasteiger partial charge in [0.15, 0.2) is 0 Å². The van der Waals surface area contributed by atoms with Crippen LogP contribution in [0.5, 0.6) is 0 Å². The van der Waals surface area contributed by atoms with Gasteiger partial charge in [-0.2, -0.15) is 0 Å². The van der Waals surface area contributed by atoms with Crippen molar-refractivity contribution in [1.82, 2.24) is 0 Å². The first-order chi connectivity index (χ1) is 5.61. The third kappa shape index (κ3) is 2.51. The first-order valence-electron chi connectivity index (χ1n) is 4.41. The lowest BCUT2D eigenvalue weighted by Crippen LogP contribution is -2.13. The second-order valence-electron chi connectivity index (χ2n) is 3.61. The fraction of sp³-hybridized carbons (Fsp3) is 0.600. The van der Waals surface area contributed by atoms with Crippen molar-refractivity contribution in [3.8, 4) is 0 Å². The Labute approximate surface area is 88.2 Å². The van der Waals surface area contributed by atoms with Crippen LogP contribution in [-0.2, 0) is 0 Å². The number of hydrogen-bond acceptors (Lipinski definition) is 1. The van der Waals surface area contributed by atoms with Crippen LogP contribution in [-0.4, -0.2) is 3.92 Å². The van der Waals surface area contributed by atoms with Gasteiger partial charge in [-0.3, -0.25) is 0 Å². The lowest BCUT2D eigenvalue weighted by molar-refractivity contribution is 0.654. The molecule has 1 atom stereocenters. The fourth-order valence-corrected chi connectivity index (χ4v) is 1.89. The van der Waals surface area contributed by atoms with E-state index < -0.39 is 0 Å². The number of nitrogens with two attached hydrogens (primary N) is 1. The van der Waals surface area contributed by atoms with E-state index in [9.17, 15) is 0 Å². The van der Waals surface area contributed by atoms with Crippen LogP contribution < -0.4 is 5.73 Å². The minimum atomic E-state index is 0.648. The highest BCUT2D eigenvalue weighted by atomic mass is 127. The summed E-state index contributed by atoms with van der Waals surface area (Å²) in [5, 5.41) is 0. The quantitative estimate of drug-likeness (QED) is 0.609. The van der Waals surface area contributed by atoms with Crippen LogP contribution in [0, 0.1) is 5.92 Å². The third-order valence-electron chi connectivity index (χ3n) is 2.10. The largest absolute Gasteiger partial charge is 0.399 e. The Morgan fingerprint density at radius 1 is 1.50 bits per heavy atom. The molecule has 12 heavy (non-hydrogen) atoms. The molecule has 68 valence electrons. The van der Waals surface area contributed by atoms with Crippen molar-refractivity contribution in [3.63, 3.8) is 0 Å². The molecule has 0 radical (unpaired) electrons. The standard InChI is InChI=1S/C10H16IN/c1-7(2)10(11)8-4-3-5-9(12)6-8/h5-7,10H,3-4,12H2,1-2H3/t10-/m0/s1. The van der Waals surface area contributed by atoms with Crippen molar-refractivity contribution in [3.05, 3.63) is 23.4 Å². The van der Waals surface area contributed by atoms with Gasteiger partial charge in [0.05, 0.1) is 0 Å². The van der Waals surface area contributed by atoms with Gasteiger partial charge in [0.25, 0.3) is 0 Å². The van der Waals surface area contributed by atoms with Gasteiger partial charge in [-0.05, 0) is 24.8 Å². The molecule has 0 aromatic carbocycles. The molecule has 0 saturated heterocycles. The number of alkyl halides is 1. The minimum absolute atomic E-state index is 0.648. The summed E-state index contributed by atoms with van der Waals surface area (Å²) >= 11 is 2.51. The molecule has 0 aliphatic heterocycles. The summed E-state index contributed by atoms with van der Waals surface area (Å²) in [5.41, 5.74) is 8.19. The van der Waals surface area contributed by atoms with Gasteiger partial charge in [-0.1, -0.05) is 48.1 Å². The van der Waals surface area contributed by atoms with E-state index in [0.717, 1.165) is 12.1 Å². The maximum Gasteiger partial charge on any atom is 0.0345 e. The molecule has 0 aromatic rings. The summed E-state index contributed by atoms with van der Waals surface area (Å²) in [6, 6.07) is 0. The van der Waals surface area contributed by atoms with E-state index in [0.29, 0.717) is 9.84 Å². The van der Waals surface area contributed by atoms with Crippen molar-refractivity contribution in [2.45, 2.75) is 30.6 Å². The first kappa shape index (κ1) is 10.1. The van der Waals surface area contributed by atoms with Crippen LogP contribution in [0.15, 0.2) is 23.4 Å². The molecule has 0 spiro atoms. The zero-order valence-electron chi connectivity index (χ0n) is 7.68. The molecule has 0 saturated carbocycles. The topological polar surface area (TPSA) is 26.0 Å². The minimum Gasteiger partial charge on any atom is -0.399 e. The molecule has 0 heterocycles. The average Bonchev–Trinajstić information content (AvgIpc) is 2.03. The van der Waals surface area contributed by atoms with E-state index in [2.05, 4.69) is 48.6 Å². The second-order valence-corrected chi connectivity index (χ2v) is 4.95. The van der Waals surface area contributed by atoms with Gasteiger partial charge >= 0.3 is 0 Å². The Hall–Kier alpha value is 0.01000. The summed E-state index contributed by atoms with van der Waals surface area (Å²) in [4.78, 5) is 0. The second kappa shape index (κ2) is 4.30.